The predicted octanol–water partition coefficient (Wildman–Crippen LogP) is 3.31. The Morgan fingerprint density at radius 1 is 1.06 bits per heavy atom. The first-order valence-corrected chi connectivity index (χ1v) is 6.66. The van der Waals surface area contributed by atoms with E-state index < -0.39 is 0 Å². The van der Waals surface area contributed by atoms with Crippen LogP contribution in [0.3, 0.4) is 0 Å². The number of hydrogen-bond acceptors (Lipinski definition) is 2. The second kappa shape index (κ2) is 6.61. The highest BCUT2D eigenvalue weighted by atomic mass is 14.9. The van der Waals surface area contributed by atoms with Crippen LogP contribution in [0.2, 0.25) is 0 Å². The molecule has 0 aromatic carbocycles. The van der Waals surface area contributed by atoms with Crippen molar-refractivity contribution in [2.45, 2.75) is 78.8 Å². The fourth-order valence-electron chi connectivity index (χ4n) is 2.07. The van der Waals surface area contributed by atoms with Gasteiger partial charge >= 0.3 is 0 Å². The van der Waals surface area contributed by atoms with Gasteiger partial charge in [0, 0.05) is 11.6 Å². The second-order valence-corrected chi connectivity index (χ2v) is 6.96. The Hall–Kier alpha value is -0.0800. The summed E-state index contributed by atoms with van der Waals surface area (Å²) in [5, 5.41) is 3.65. The average Bonchev–Trinajstić information content (AvgIpc) is 1.97. The zero-order valence-electron chi connectivity index (χ0n) is 12.2. The molecule has 98 valence electrons. The fourth-order valence-corrected chi connectivity index (χ4v) is 2.07. The summed E-state index contributed by atoms with van der Waals surface area (Å²) in [7, 11) is 0. The molecule has 0 aliphatic rings. The van der Waals surface area contributed by atoms with Gasteiger partial charge in [0.1, 0.15) is 0 Å². The van der Waals surface area contributed by atoms with Crippen LogP contribution in [0.4, 0.5) is 0 Å². The minimum absolute atomic E-state index is 0.0743. The molecule has 1 atom stereocenters. The maximum atomic E-state index is 6.12. The molecule has 2 nitrogen and oxygen atoms in total. The van der Waals surface area contributed by atoms with Gasteiger partial charge in [-0.1, -0.05) is 34.1 Å². The summed E-state index contributed by atoms with van der Waals surface area (Å²) in [6.07, 6.45) is 4.75. The average molecular weight is 228 g/mol. The molecular weight excluding hydrogens is 196 g/mol. The molecule has 0 amide bonds. The standard InChI is InChI=1S/C14H32N2/c1-7-8-9-16-12(10-13(2,3)4)11-14(5,6)15/h12,16H,7-11,15H2,1-6H3. The largest absolute Gasteiger partial charge is 0.326 e. The molecule has 0 radical (unpaired) electrons. The molecule has 0 fully saturated rings. The van der Waals surface area contributed by atoms with E-state index in [0.717, 1.165) is 13.0 Å². The van der Waals surface area contributed by atoms with E-state index in [-0.39, 0.29) is 5.54 Å². The quantitative estimate of drug-likeness (QED) is 0.656. The van der Waals surface area contributed by atoms with E-state index in [9.17, 15) is 0 Å². The summed E-state index contributed by atoms with van der Waals surface area (Å²) in [5.41, 5.74) is 6.42. The first-order chi connectivity index (χ1) is 7.14. The second-order valence-electron chi connectivity index (χ2n) is 6.96. The van der Waals surface area contributed by atoms with Gasteiger partial charge in [0.15, 0.2) is 0 Å². The van der Waals surface area contributed by atoms with Crippen molar-refractivity contribution in [2.75, 3.05) is 6.54 Å². The normalized spacial score (nSPS) is 15.2. The third-order valence-electron chi connectivity index (χ3n) is 2.59. The maximum Gasteiger partial charge on any atom is 0.0112 e. The fraction of sp³-hybridized carbons (Fsp3) is 1.00. The highest BCUT2D eigenvalue weighted by molar-refractivity contribution is 4.83. The van der Waals surface area contributed by atoms with E-state index in [1.165, 1.54) is 19.3 Å². The van der Waals surface area contributed by atoms with Crippen molar-refractivity contribution < 1.29 is 0 Å². The van der Waals surface area contributed by atoms with Crippen LogP contribution in [-0.4, -0.2) is 18.1 Å². The first-order valence-electron chi connectivity index (χ1n) is 6.66. The third kappa shape index (κ3) is 10.4. The molecule has 0 bridgehead atoms. The molecule has 1 unspecified atom stereocenters. The van der Waals surface area contributed by atoms with Gasteiger partial charge in [0.2, 0.25) is 0 Å². The molecule has 2 heteroatoms. The first kappa shape index (κ1) is 15.9. The van der Waals surface area contributed by atoms with Gasteiger partial charge in [0.05, 0.1) is 0 Å². The Balaban J connectivity index is 4.17. The van der Waals surface area contributed by atoms with E-state index >= 15 is 0 Å². The number of unbranched alkanes of at least 4 members (excludes halogenated alkanes) is 1. The zero-order valence-corrected chi connectivity index (χ0v) is 12.2. The number of nitrogens with two attached hydrogens (primary N) is 1. The zero-order chi connectivity index (χ0) is 12.8. The van der Waals surface area contributed by atoms with Crippen LogP contribution in [0.25, 0.3) is 0 Å². The van der Waals surface area contributed by atoms with E-state index in [1.807, 2.05) is 0 Å². The third-order valence-corrected chi connectivity index (χ3v) is 2.59. The van der Waals surface area contributed by atoms with Crippen molar-refractivity contribution in [1.82, 2.24) is 5.32 Å². The summed E-state index contributed by atoms with van der Waals surface area (Å²) in [6, 6.07) is 0.548. The Morgan fingerprint density at radius 3 is 2.00 bits per heavy atom. The van der Waals surface area contributed by atoms with Crippen molar-refractivity contribution >= 4 is 0 Å². The van der Waals surface area contributed by atoms with Gasteiger partial charge in [0.25, 0.3) is 0 Å². The van der Waals surface area contributed by atoms with Crippen molar-refractivity contribution in [3.8, 4) is 0 Å². The van der Waals surface area contributed by atoms with Gasteiger partial charge < -0.3 is 11.1 Å². The lowest BCUT2D eigenvalue weighted by Crippen LogP contribution is -2.43. The molecule has 0 heterocycles. The summed E-state index contributed by atoms with van der Waals surface area (Å²) in [5.74, 6) is 0. The van der Waals surface area contributed by atoms with Crippen LogP contribution < -0.4 is 11.1 Å². The van der Waals surface area contributed by atoms with Gasteiger partial charge in [-0.3, -0.25) is 0 Å². The van der Waals surface area contributed by atoms with Gasteiger partial charge in [-0.25, -0.2) is 0 Å². The molecule has 0 aromatic rings. The molecule has 3 N–H and O–H groups in total. The molecule has 0 spiro atoms. The Kier molecular flexibility index (Phi) is 6.57. The molecule has 0 rings (SSSR count). The molecule has 0 saturated heterocycles. The lowest BCUT2D eigenvalue weighted by atomic mass is 9.83. The SMILES string of the molecule is CCCCNC(CC(C)(C)C)CC(C)(C)N. The maximum absolute atomic E-state index is 6.12. The van der Waals surface area contributed by atoms with E-state index in [1.54, 1.807) is 0 Å². The molecular formula is C14H32N2. The van der Waals surface area contributed by atoms with Crippen molar-refractivity contribution in [3.63, 3.8) is 0 Å². The van der Waals surface area contributed by atoms with Gasteiger partial charge in [-0.05, 0) is 45.1 Å². The van der Waals surface area contributed by atoms with Crippen LogP contribution in [-0.2, 0) is 0 Å². The predicted molar refractivity (Wildman–Crippen MR) is 73.7 cm³/mol. The van der Waals surface area contributed by atoms with Crippen molar-refractivity contribution in [3.05, 3.63) is 0 Å². The molecule has 16 heavy (non-hydrogen) atoms. The summed E-state index contributed by atoms with van der Waals surface area (Å²) in [4.78, 5) is 0. The van der Waals surface area contributed by atoms with E-state index in [2.05, 4.69) is 46.9 Å². The minimum atomic E-state index is -0.0743. The summed E-state index contributed by atoms with van der Waals surface area (Å²) in [6.45, 7) is 14.5. The van der Waals surface area contributed by atoms with E-state index in [0.29, 0.717) is 11.5 Å². The molecule has 0 aliphatic carbocycles. The minimum Gasteiger partial charge on any atom is -0.326 e. The monoisotopic (exact) mass is 228 g/mol. The van der Waals surface area contributed by atoms with Crippen LogP contribution >= 0.6 is 0 Å². The van der Waals surface area contributed by atoms with Gasteiger partial charge in [-0.15, -0.1) is 0 Å². The smallest absolute Gasteiger partial charge is 0.0112 e. The lowest BCUT2D eigenvalue weighted by Gasteiger charge is -2.31. The Morgan fingerprint density at radius 2 is 1.62 bits per heavy atom. The van der Waals surface area contributed by atoms with Crippen LogP contribution in [0.5, 0.6) is 0 Å². The summed E-state index contributed by atoms with van der Waals surface area (Å²) >= 11 is 0. The number of rotatable bonds is 7. The van der Waals surface area contributed by atoms with E-state index in [4.69, 9.17) is 5.73 Å². The topological polar surface area (TPSA) is 38.0 Å². The van der Waals surface area contributed by atoms with Crippen molar-refractivity contribution in [2.24, 2.45) is 11.1 Å². The highest BCUT2D eigenvalue weighted by Gasteiger charge is 2.23. The van der Waals surface area contributed by atoms with Crippen LogP contribution in [0.15, 0.2) is 0 Å². The molecule has 0 aromatic heterocycles. The molecule has 0 aliphatic heterocycles. The highest BCUT2D eigenvalue weighted by Crippen LogP contribution is 2.24. The van der Waals surface area contributed by atoms with Crippen LogP contribution in [0.1, 0.15) is 67.2 Å². The molecule has 0 saturated carbocycles. The Labute approximate surface area is 102 Å². The van der Waals surface area contributed by atoms with Crippen molar-refractivity contribution in [1.29, 1.82) is 0 Å². The van der Waals surface area contributed by atoms with Crippen LogP contribution in [0, 0.1) is 5.41 Å². The number of hydrogen-bond donors (Lipinski definition) is 2. The number of nitrogens with one attached hydrogen (secondary N) is 1. The summed E-state index contributed by atoms with van der Waals surface area (Å²) < 4.78 is 0. The lowest BCUT2D eigenvalue weighted by molar-refractivity contribution is 0.267. The Bertz CT molecular complexity index is 158. The van der Waals surface area contributed by atoms with Gasteiger partial charge in [-0.2, -0.15) is 0 Å².